The number of phosphoric ester groups is 2. The minimum Gasteiger partial charge on any atom is -0.462 e. The summed E-state index contributed by atoms with van der Waals surface area (Å²) < 4.78 is 59.0. The van der Waals surface area contributed by atoms with Crippen molar-refractivity contribution in [3.8, 4) is 0 Å². The van der Waals surface area contributed by atoms with E-state index < -0.39 is 120 Å². The van der Waals surface area contributed by atoms with Crippen molar-refractivity contribution in [2.24, 2.45) is 11.8 Å². The van der Waals surface area contributed by atoms with Crippen LogP contribution in [-0.2, 0) is 51.1 Å². The van der Waals surface area contributed by atoms with Gasteiger partial charge in [0, 0.05) is 31.4 Å². The van der Waals surface area contributed by atoms with Crippen molar-refractivity contribution >= 4 is 39.2 Å². The monoisotopic (exact) mass is 1100 g/mol. The lowest BCUT2D eigenvalue weighted by Crippen LogP contribution is -2.51. The van der Waals surface area contributed by atoms with Crippen LogP contribution < -0.4 is 11.4 Å². The Labute approximate surface area is 441 Å². The van der Waals surface area contributed by atoms with Gasteiger partial charge in [-0.3, -0.25) is 28.0 Å². The van der Waals surface area contributed by atoms with Crippen LogP contribution in [0.25, 0.3) is 0 Å². The number of esters is 2. The van der Waals surface area contributed by atoms with Crippen LogP contribution in [0.1, 0.15) is 155 Å². The SMILES string of the molecule is CC/C=C\C/C=C\C/C=C\C/C=C\CCCCCCC(=O)OC[C@@H]1COP(=O)(O)OP(=O)(O)OC[C@H]2O[C@@H](n3ccc(N)nc3=O)[C@@H](CCCCCCC(=O)O1)[C@@H](O)CC(=O)[C@H](/C=C/[C@@H](O)CCCCC)[C@H](O)[C@@H]2O. The Bertz CT molecular complexity index is 2170. The molecule has 0 amide bonds. The molecule has 424 valence electrons. The summed E-state index contributed by atoms with van der Waals surface area (Å²) in [6, 6.07) is 1.24. The third-order valence-electron chi connectivity index (χ3n) is 12.5. The molecule has 1 aromatic heterocycles. The van der Waals surface area contributed by atoms with E-state index in [0.29, 0.717) is 38.5 Å². The molecule has 2 saturated heterocycles. The van der Waals surface area contributed by atoms with Crippen LogP contribution in [0.5, 0.6) is 0 Å². The molecule has 2 aliphatic rings. The van der Waals surface area contributed by atoms with Crippen molar-refractivity contribution in [2.45, 2.75) is 192 Å². The van der Waals surface area contributed by atoms with Gasteiger partial charge in [-0.15, -0.1) is 0 Å². The number of aliphatic hydroxyl groups excluding tert-OH is 4. The number of ketones is 1. The van der Waals surface area contributed by atoms with Crippen molar-refractivity contribution in [1.29, 1.82) is 0 Å². The van der Waals surface area contributed by atoms with Crippen LogP contribution in [0.2, 0.25) is 0 Å². The van der Waals surface area contributed by atoms with Crippen LogP contribution in [0.4, 0.5) is 5.82 Å². The molecule has 2 bridgehead atoms. The number of nitrogens with two attached hydrogens (primary N) is 1. The van der Waals surface area contributed by atoms with Crippen LogP contribution in [0.15, 0.2) is 77.8 Å². The van der Waals surface area contributed by atoms with E-state index in [1.54, 1.807) is 0 Å². The Morgan fingerprint density at radius 1 is 0.853 bits per heavy atom. The van der Waals surface area contributed by atoms with Crippen molar-refractivity contribution < 1.29 is 81.3 Å². The maximum Gasteiger partial charge on any atom is 0.481 e. The number of phosphoric acid groups is 2. The summed E-state index contributed by atoms with van der Waals surface area (Å²) in [6.45, 7) is 1.35. The molecular weight excluding hydrogens is 1020 g/mol. The molecule has 0 spiro atoms. The molecule has 0 saturated carbocycles. The summed E-state index contributed by atoms with van der Waals surface area (Å²) in [5, 5.41) is 45.7. The zero-order chi connectivity index (χ0) is 55.1. The lowest BCUT2D eigenvalue weighted by molar-refractivity contribution is -0.188. The highest BCUT2D eigenvalue weighted by Crippen LogP contribution is 2.60. The van der Waals surface area contributed by atoms with Gasteiger partial charge in [0.2, 0.25) is 0 Å². The van der Waals surface area contributed by atoms with E-state index in [-0.39, 0.29) is 31.5 Å². The number of unbranched alkanes of at least 4 members (excludes halogenated alkanes) is 6. The molecule has 0 aromatic carbocycles. The van der Waals surface area contributed by atoms with E-state index in [0.717, 1.165) is 68.8 Å². The second-order valence-corrected chi connectivity index (χ2v) is 21.8. The maximum atomic E-state index is 14.0. The molecule has 8 N–H and O–H groups in total. The first-order valence-corrected chi connectivity index (χ1v) is 29.4. The van der Waals surface area contributed by atoms with Gasteiger partial charge in [-0.25, -0.2) is 13.9 Å². The predicted molar refractivity (Wildman–Crippen MR) is 280 cm³/mol. The molecule has 75 heavy (non-hydrogen) atoms. The van der Waals surface area contributed by atoms with Crippen LogP contribution in [0.3, 0.4) is 0 Å². The lowest BCUT2D eigenvalue weighted by atomic mass is 9.83. The molecule has 1 aromatic rings. The first kappa shape index (κ1) is 65.3. The van der Waals surface area contributed by atoms with E-state index >= 15 is 0 Å². The summed E-state index contributed by atoms with van der Waals surface area (Å²) in [6.07, 6.45) is 20.1. The van der Waals surface area contributed by atoms with E-state index in [2.05, 4.69) is 64.8 Å². The molecule has 2 unspecified atom stereocenters. The normalized spacial score (nSPS) is 29.1. The highest BCUT2D eigenvalue weighted by Gasteiger charge is 2.45. The Morgan fingerprint density at radius 2 is 1.51 bits per heavy atom. The number of allylic oxidation sites excluding steroid dienone is 8. The number of nitrogens with zero attached hydrogens (tertiary/aromatic N) is 2. The summed E-state index contributed by atoms with van der Waals surface area (Å²) in [5.41, 5.74) is 4.77. The number of aromatic nitrogens is 2. The number of Topliss-reactive ketones (excluding diaryl/α,β-unsaturated/α-hetero) is 1. The van der Waals surface area contributed by atoms with Crippen LogP contribution >= 0.6 is 15.6 Å². The average Bonchev–Trinajstić information content (AvgIpc) is 3.35. The number of nitrogen functional groups attached to an aromatic ring is 1. The molecule has 11 atom stereocenters. The second kappa shape index (κ2) is 36.2. The summed E-state index contributed by atoms with van der Waals surface area (Å²) >= 11 is 0. The van der Waals surface area contributed by atoms with Crippen molar-refractivity contribution in [3.63, 3.8) is 0 Å². The van der Waals surface area contributed by atoms with Crippen molar-refractivity contribution in [2.75, 3.05) is 25.6 Å². The number of anilines is 1. The number of hydrogen-bond acceptors (Lipinski definition) is 18. The zero-order valence-electron chi connectivity index (χ0n) is 43.5. The van der Waals surface area contributed by atoms with Crippen molar-refractivity contribution in [3.05, 3.63) is 83.5 Å². The molecule has 2 aliphatic heterocycles. The Balaban J connectivity index is 1.74. The standard InChI is InChI=1S/C52H83N3O18P2/c1-3-5-7-8-9-10-11-12-13-14-15-16-17-18-19-20-25-29-47(59)68-36-40-37-69-74(64,65)73-75(66,67)70-38-45-50(62)49(61)41(32-31-39(56)27-23-6-4-2)43(57)35-44(58)42(28-24-21-22-26-30-48(60)71-40)51(72-45)55-34-33-46(53)54-52(55)63/h5,7,9-10,12-13,15-16,31-34,39-42,44-45,49-51,56,58,61-62H,3-4,6,8,11,14,17-30,35-38H2,1-2H3,(H,64,65)(H,66,67)(H2,53,54,63)/b7-5-,10-9-,13-12-,16-15-,32-31+/t39-,40+,41-,42-,44-,45+,49-,50+,51+/m0/s1. The largest absolute Gasteiger partial charge is 0.481 e. The third-order valence-corrected chi connectivity index (χ3v) is 15.1. The predicted octanol–water partition coefficient (Wildman–Crippen LogP) is 7.70. The number of ether oxygens (including phenoxy) is 3. The first-order valence-electron chi connectivity index (χ1n) is 26.4. The van der Waals surface area contributed by atoms with E-state index in [1.165, 1.54) is 24.4 Å². The van der Waals surface area contributed by atoms with E-state index in [4.69, 9.17) is 29.0 Å². The van der Waals surface area contributed by atoms with Gasteiger partial charge < -0.3 is 50.2 Å². The third kappa shape index (κ3) is 26.8. The lowest BCUT2D eigenvalue weighted by Gasteiger charge is -2.39. The fourth-order valence-corrected chi connectivity index (χ4v) is 10.4. The molecule has 3 heterocycles. The number of hydrogen-bond donors (Lipinski definition) is 7. The Morgan fingerprint density at radius 3 is 2.19 bits per heavy atom. The molecule has 3 rings (SSSR count). The Kier molecular flexibility index (Phi) is 31.5. The quantitative estimate of drug-likeness (QED) is 0.0239. The van der Waals surface area contributed by atoms with Gasteiger partial charge >= 0.3 is 33.3 Å². The van der Waals surface area contributed by atoms with E-state index in [1.807, 2.05) is 6.92 Å². The van der Waals surface area contributed by atoms with E-state index in [9.17, 15) is 58.5 Å². The smallest absolute Gasteiger partial charge is 0.462 e. The number of cyclic esters (lactones) is 1. The number of carbonyl (C=O) groups excluding carboxylic acids is 3. The molecule has 23 heteroatoms. The topological polar surface area (TPSA) is 323 Å². The first-order chi connectivity index (χ1) is 35.9. The van der Waals surface area contributed by atoms with Gasteiger partial charge in [0.25, 0.3) is 0 Å². The fraction of sp³-hybridized carbons (Fsp3) is 0.673. The number of aliphatic hydroxyl groups is 4. The number of fused-ring (bicyclic) bond motifs is 3. The van der Waals surface area contributed by atoms with Gasteiger partial charge in [-0.1, -0.05) is 126 Å². The highest BCUT2D eigenvalue weighted by molar-refractivity contribution is 7.61. The van der Waals surface area contributed by atoms with Gasteiger partial charge in [-0.2, -0.15) is 9.29 Å². The summed E-state index contributed by atoms with van der Waals surface area (Å²) in [5.74, 6) is -5.07. The van der Waals surface area contributed by atoms with Gasteiger partial charge in [-0.05, 0) is 70.3 Å². The molecule has 0 radical (unpaired) electrons. The van der Waals surface area contributed by atoms with Crippen LogP contribution in [-0.4, -0.2) is 114 Å². The number of carbonyl (C=O) groups is 3. The van der Waals surface area contributed by atoms with Crippen LogP contribution in [0, 0.1) is 11.8 Å². The zero-order valence-corrected chi connectivity index (χ0v) is 45.3. The summed E-state index contributed by atoms with van der Waals surface area (Å²) in [4.78, 5) is 78.1. The minimum absolute atomic E-state index is 0.0510. The average molecular weight is 1100 g/mol. The summed E-state index contributed by atoms with van der Waals surface area (Å²) in [7, 11) is -11.3. The van der Waals surface area contributed by atoms with Gasteiger partial charge in [0.15, 0.2) is 6.10 Å². The molecular formula is C52H83N3O18P2. The Hall–Kier alpha value is -3.95. The highest BCUT2D eigenvalue weighted by atomic mass is 31.3. The second-order valence-electron chi connectivity index (χ2n) is 18.8. The maximum absolute atomic E-state index is 14.0. The molecule has 21 nitrogen and oxygen atoms in total. The number of rotatable bonds is 23. The van der Waals surface area contributed by atoms with Gasteiger partial charge in [0.05, 0.1) is 37.4 Å². The fourth-order valence-electron chi connectivity index (χ4n) is 8.33. The van der Waals surface area contributed by atoms with Gasteiger partial charge in [0.1, 0.15) is 36.6 Å². The molecule has 0 aliphatic carbocycles. The minimum atomic E-state index is -5.72. The molecule has 2 fully saturated rings. The van der Waals surface area contributed by atoms with Crippen molar-refractivity contribution in [1.82, 2.24) is 9.55 Å².